The van der Waals surface area contributed by atoms with Crippen molar-refractivity contribution in [3.05, 3.63) is 54.1 Å². The Morgan fingerprint density at radius 1 is 1.04 bits per heavy atom. The monoisotopic (exact) mass is 311 g/mol. The first-order valence-electron chi connectivity index (χ1n) is 8.40. The zero-order chi connectivity index (χ0) is 15.9. The van der Waals surface area contributed by atoms with Crippen LogP contribution in [-0.4, -0.2) is 33.5 Å². The van der Waals surface area contributed by atoms with E-state index in [-0.39, 0.29) is 0 Å². The number of aromatic nitrogens is 2. The molecule has 0 amide bonds. The van der Waals surface area contributed by atoms with E-state index >= 15 is 0 Å². The zero-order valence-electron chi connectivity index (χ0n) is 13.6. The topological polar surface area (TPSA) is 59.4 Å². The smallest absolute Gasteiger partial charge is 0.191 e. The predicted molar refractivity (Wildman–Crippen MR) is 93.1 cm³/mol. The third-order valence-electron chi connectivity index (χ3n) is 4.30. The molecule has 5 nitrogen and oxygen atoms in total. The Balaban J connectivity index is 1.56. The maximum Gasteiger partial charge on any atom is 0.191 e. The highest BCUT2D eigenvalue weighted by Gasteiger charge is 2.10. The van der Waals surface area contributed by atoms with Crippen molar-refractivity contribution in [2.24, 2.45) is 10.7 Å². The molecule has 0 radical (unpaired) electrons. The molecular formula is C18H25N5. The van der Waals surface area contributed by atoms with E-state index in [4.69, 9.17) is 5.73 Å². The first kappa shape index (κ1) is 15.6. The number of guanidine groups is 1. The van der Waals surface area contributed by atoms with E-state index < -0.39 is 0 Å². The van der Waals surface area contributed by atoms with Crippen LogP contribution in [0.4, 0.5) is 0 Å². The van der Waals surface area contributed by atoms with E-state index in [0.717, 1.165) is 19.6 Å². The Kier molecular flexibility index (Phi) is 5.29. The maximum atomic E-state index is 6.15. The molecule has 2 heterocycles. The quantitative estimate of drug-likeness (QED) is 0.697. The van der Waals surface area contributed by atoms with Crippen LogP contribution in [0.25, 0.3) is 0 Å². The molecule has 1 saturated heterocycles. The standard InChI is InChI=1S/C18H25N5/c19-18(23-10-3-1-2-4-11-23)21-13-16-5-7-17(8-6-16)14-22-12-9-20-15-22/h5-9,12,15H,1-4,10-11,13-14H2,(H2,19,21). The Labute approximate surface area is 137 Å². The molecule has 1 aromatic carbocycles. The lowest BCUT2D eigenvalue weighted by atomic mass is 10.1. The molecule has 1 fully saturated rings. The number of hydrogen-bond acceptors (Lipinski definition) is 2. The van der Waals surface area contributed by atoms with Gasteiger partial charge < -0.3 is 15.2 Å². The van der Waals surface area contributed by atoms with Gasteiger partial charge in [0.25, 0.3) is 0 Å². The number of hydrogen-bond donors (Lipinski definition) is 1. The lowest BCUT2D eigenvalue weighted by Gasteiger charge is -2.21. The van der Waals surface area contributed by atoms with Gasteiger partial charge in [-0.05, 0) is 24.0 Å². The molecule has 122 valence electrons. The van der Waals surface area contributed by atoms with Gasteiger partial charge in [0.1, 0.15) is 0 Å². The minimum atomic E-state index is 0.647. The Bertz CT molecular complexity index is 607. The Morgan fingerprint density at radius 3 is 2.39 bits per heavy atom. The molecular weight excluding hydrogens is 286 g/mol. The molecule has 0 bridgehead atoms. The van der Waals surface area contributed by atoms with Gasteiger partial charge in [0.15, 0.2) is 5.96 Å². The van der Waals surface area contributed by atoms with Crippen LogP contribution in [0, 0.1) is 0 Å². The Hall–Kier alpha value is -2.30. The average molecular weight is 311 g/mol. The molecule has 0 atom stereocenters. The van der Waals surface area contributed by atoms with E-state index in [0.29, 0.717) is 12.5 Å². The van der Waals surface area contributed by atoms with Crippen molar-refractivity contribution in [2.75, 3.05) is 13.1 Å². The van der Waals surface area contributed by atoms with Crippen LogP contribution >= 0.6 is 0 Å². The largest absolute Gasteiger partial charge is 0.370 e. The van der Waals surface area contributed by atoms with Gasteiger partial charge in [-0.1, -0.05) is 37.1 Å². The van der Waals surface area contributed by atoms with Crippen molar-refractivity contribution in [2.45, 2.75) is 38.8 Å². The van der Waals surface area contributed by atoms with Crippen molar-refractivity contribution < 1.29 is 0 Å². The van der Waals surface area contributed by atoms with E-state index in [1.807, 2.05) is 12.5 Å². The van der Waals surface area contributed by atoms with Gasteiger partial charge in [-0.15, -0.1) is 0 Å². The zero-order valence-corrected chi connectivity index (χ0v) is 13.6. The number of imidazole rings is 1. The highest BCUT2D eigenvalue weighted by molar-refractivity contribution is 5.78. The van der Waals surface area contributed by atoms with Crippen LogP contribution in [-0.2, 0) is 13.1 Å². The second-order valence-electron chi connectivity index (χ2n) is 6.13. The number of rotatable bonds is 4. The fraction of sp³-hybridized carbons (Fsp3) is 0.444. The molecule has 2 aromatic rings. The second-order valence-corrected chi connectivity index (χ2v) is 6.13. The summed E-state index contributed by atoms with van der Waals surface area (Å²) in [6.07, 6.45) is 10.7. The van der Waals surface area contributed by atoms with E-state index in [2.05, 4.69) is 43.7 Å². The summed E-state index contributed by atoms with van der Waals surface area (Å²) in [5, 5.41) is 0. The number of benzene rings is 1. The molecule has 3 rings (SSSR count). The number of aliphatic imine (C=N–C) groups is 1. The highest BCUT2D eigenvalue weighted by Crippen LogP contribution is 2.11. The van der Waals surface area contributed by atoms with E-state index in [9.17, 15) is 0 Å². The van der Waals surface area contributed by atoms with Crippen LogP contribution in [0.15, 0.2) is 48.0 Å². The average Bonchev–Trinajstić information content (AvgIpc) is 2.93. The van der Waals surface area contributed by atoms with Gasteiger partial charge in [0.2, 0.25) is 0 Å². The fourth-order valence-corrected chi connectivity index (χ4v) is 2.91. The van der Waals surface area contributed by atoms with Crippen molar-refractivity contribution in [3.8, 4) is 0 Å². The summed E-state index contributed by atoms with van der Waals surface area (Å²) >= 11 is 0. The van der Waals surface area contributed by atoms with Crippen LogP contribution in [0.3, 0.4) is 0 Å². The molecule has 2 N–H and O–H groups in total. The van der Waals surface area contributed by atoms with Gasteiger partial charge in [-0.2, -0.15) is 0 Å². The summed E-state index contributed by atoms with van der Waals surface area (Å²) in [7, 11) is 0. The summed E-state index contributed by atoms with van der Waals surface area (Å²) in [5.74, 6) is 0.689. The van der Waals surface area contributed by atoms with Crippen molar-refractivity contribution in [1.29, 1.82) is 0 Å². The molecule has 0 aliphatic carbocycles. The van der Waals surface area contributed by atoms with Crippen LogP contribution in [0.2, 0.25) is 0 Å². The van der Waals surface area contributed by atoms with E-state index in [1.54, 1.807) is 6.20 Å². The molecule has 0 spiro atoms. The van der Waals surface area contributed by atoms with E-state index in [1.165, 1.54) is 36.8 Å². The summed E-state index contributed by atoms with van der Waals surface area (Å²) in [4.78, 5) is 10.9. The lowest BCUT2D eigenvalue weighted by Crippen LogP contribution is -2.38. The molecule has 23 heavy (non-hydrogen) atoms. The summed E-state index contributed by atoms with van der Waals surface area (Å²) < 4.78 is 2.06. The highest BCUT2D eigenvalue weighted by atomic mass is 15.2. The molecule has 1 aliphatic rings. The summed E-state index contributed by atoms with van der Waals surface area (Å²) in [6.45, 7) is 3.57. The summed E-state index contributed by atoms with van der Waals surface area (Å²) in [6, 6.07) is 8.55. The maximum absolute atomic E-state index is 6.15. The fourth-order valence-electron chi connectivity index (χ4n) is 2.91. The van der Waals surface area contributed by atoms with Crippen molar-refractivity contribution >= 4 is 5.96 Å². The van der Waals surface area contributed by atoms with Crippen LogP contribution < -0.4 is 5.73 Å². The third-order valence-corrected chi connectivity index (χ3v) is 4.30. The first-order valence-corrected chi connectivity index (χ1v) is 8.40. The number of nitrogens with zero attached hydrogens (tertiary/aromatic N) is 4. The van der Waals surface area contributed by atoms with Gasteiger partial charge in [-0.3, -0.25) is 0 Å². The van der Waals surface area contributed by atoms with Gasteiger partial charge in [0.05, 0.1) is 12.9 Å². The van der Waals surface area contributed by atoms with Gasteiger partial charge in [-0.25, -0.2) is 9.98 Å². The minimum Gasteiger partial charge on any atom is -0.370 e. The summed E-state index contributed by atoms with van der Waals surface area (Å²) in [5.41, 5.74) is 8.60. The predicted octanol–water partition coefficient (Wildman–Crippen LogP) is 2.62. The normalized spacial score (nSPS) is 16.3. The molecule has 0 unspecified atom stereocenters. The van der Waals surface area contributed by atoms with Crippen molar-refractivity contribution in [3.63, 3.8) is 0 Å². The first-order chi connectivity index (χ1) is 11.3. The van der Waals surface area contributed by atoms with Gasteiger partial charge >= 0.3 is 0 Å². The number of likely N-dealkylation sites (tertiary alicyclic amines) is 1. The third kappa shape index (κ3) is 4.58. The van der Waals surface area contributed by atoms with Crippen LogP contribution in [0.1, 0.15) is 36.8 Å². The molecule has 1 aromatic heterocycles. The minimum absolute atomic E-state index is 0.647. The molecule has 0 saturated carbocycles. The van der Waals surface area contributed by atoms with Crippen LogP contribution in [0.5, 0.6) is 0 Å². The van der Waals surface area contributed by atoms with Crippen molar-refractivity contribution in [1.82, 2.24) is 14.5 Å². The number of nitrogens with two attached hydrogens (primary N) is 1. The lowest BCUT2D eigenvalue weighted by molar-refractivity contribution is 0.428. The van der Waals surface area contributed by atoms with Gasteiger partial charge in [0, 0.05) is 32.0 Å². The molecule has 1 aliphatic heterocycles. The Morgan fingerprint density at radius 2 is 1.74 bits per heavy atom. The SMILES string of the molecule is NC(=NCc1ccc(Cn2ccnc2)cc1)N1CCCCCC1. The second kappa shape index (κ2) is 7.81. The molecule has 5 heteroatoms.